The summed E-state index contributed by atoms with van der Waals surface area (Å²) in [5, 5.41) is 0.0766. The molecule has 1 rings (SSSR count). The van der Waals surface area contributed by atoms with E-state index in [1.54, 1.807) is 14.0 Å². The van der Waals surface area contributed by atoms with E-state index in [0.29, 0.717) is 0 Å². The zero-order valence-corrected chi connectivity index (χ0v) is 14.6. The number of methoxy groups -OCH3 is 1. The van der Waals surface area contributed by atoms with Gasteiger partial charge in [-0.25, -0.2) is 0 Å². The predicted octanol–water partition coefficient (Wildman–Crippen LogP) is 4.35. The van der Waals surface area contributed by atoms with Gasteiger partial charge in [0.25, 0.3) is 0 Å². The van der Waals surface area contributed by atoms with E-state index in [2.05, 4.69) is 33.9 Å². The first-order chi connectivity index (χ1) is 9.08. The summed E-state index contributed by atoms with van der Waals surface area (Å²) in [6.45, 7) is 12.4. The van der Waals surface area contributed by atoms with Crippen molar-refractivity contribution in [3.63, 3.8) is 0 Å². The van der Waals surface area contributed by atoms with Gasteiger partial charge in [-0.1, -0.05) is 32.9 Å². The average molecular weight is 294 g/mol. The van der Waals surface area contributed by atoms with E-state index >= 15 is 0 Å². The van der Waals surface area contributed by atoms with Crippen LogP contribution >= 0.6 is 0 Å². The lowest BCUT2D eigenvalue weighted by molar-refractivity contribution is -0.124. The molecule has 1 unspecified atom stereocenters. The molecule has 1 aromatic rings. The molecule has 0 radical (unpaired) electrons. The molecular formula is C16H26O3Si. The second-order valence-corrected chi connectivity index (χ2v) is 11.4. The van der Waals surface area contributed by atoms with Crippen molar-refractivity contribution in [2.75, 3.05) is 7.11 Å². The van der Waals surface area contributed by atoms with Crippen LogP contribution in [0.4, 0.5) is 0 Å². The van der Waals surface area contributed by atoms with E-state index in [9.17, 15) is 4.79 Å². The van der Waals surface area contributed by atoms with Crippen molar-refractivity contribution >= 4 is 14.1 Å². The summed E-state index contributed by atoms with van der Waals surface area (Å²) in [6, 6.07) is 7.52. The third-order valence-electron chi connectivity index (χ3n) is 4.01. The first-order valence-corrected chi connectivity index (χ1v) is 9.81. The number of ketones is 1. The van der Waals surface area contributed by atoms with Gasteiger partial charge in [0.2, 0.25) is 0 Å². The molecule has 0 heterocycles. The molecule has 0 aliphatic carbocycles. The van der Waals surface area contributed by atoms with Gasteiger partial charge in [-0.15, -0.1) is 0 Å². The maximum atomic E-state index is 12.0. The topological polar surface area (TPSA) is 35.5 Å². The summed E-state index contributed by atoms with van der Waals surface area (Å²) in [5.74, 6) is 0.823. The Morgan fingerprint density at radius 1 is 1.15 bits per heavy atom. The number of hydrogen-bond acceptors (Lipinski definition) is 3. The molecule has 1 aromatic carbocycles. The van der Waals surface area contributed by atoms with Crippen LogP contribution in [0.25, 0.3) is 0 Å². The summed E-state index contributed by atoms with van der Waals surface area (Å²) >= 11 is 0. The number of hydrogen-bond donors (Lipinski definition) is 0. The molecule has 0 aromatic heterocycles. The Bertz CT molecular complexity index is 458. The number of ether oxygens (including phenoxy) is 1. The highest BCUT2D eigenvalue weighted by Gasteiger charge is 2.40. The van der Waals surface area contributed by atoms with Crippen molar-refractivity contribution in [2.45, 2.75) is 51.9 Å². The SMILES string of the molecule is COc1ccc(C(O[Si](C)(C)C(C)(C)C)C(C)=O)cc1. The lowest BCUT2D eigenvalue weighted by Crippen LogP contribution is -2.43. The highest BCUT2D eigenvalue weighted by Crippen LogP contribution is 2.40. The van der Waals surface area contributed by atoms with E-state index in [1.165, 1.54) is 0 Å². The van der Waals surface area contributed by atoms with Crippen LogP contribution in [0.5, 0.6) is 5.75 Å². The second-order valence-electron chi connectivity index (χ2n) is 6.64. The van der Waals surface area contributed by atoms with Crippen molar-refractivity contribution in [1.82, 2.24) is 0 Å². The molecule has 3 nitrogen and oxygen atoms in total. The maximum absolute atomic E-state index is 12.0. The van der Waals surface area contributed by atoms with E-state index in [0.717, 1.165) is 11.3 Å². The van der Waals surface area contributed by atoms with Gasteiger partial charge >= 0.3 is 0 Å². The lowest BCUT2D eigenvalue weighted by atomic mass is 10.1. The van der Waals surface area contributed by atoms with Gasteiger partial charge in [0.05, 0.1) is 7.11 Å². The highest BCUT2D eigenvalue weighted by molar-refractivity contribution is 6.74. The molecule has 0 aliphatic heterocycles. The van der Waals surface area contributed by atoms with Gasteiger partial charge in [-0.2, -0.15) is 0 Å². The Morgan fingerprint density at radius 2 is 1.65 bits per heavy atom. The molecule has 0 aliphatic rings. The van der Waals surface area contributed by atoms with Gasteiger partial charge in [0, 0.05) is 0 Å². The Kier molecular flexibility index (Phi) is 5.16. The molecule has 0 saturated carbocycles. The summed E-state index contributed by atoms with van der Waals surface area (Å²) in [5.41, 5.74) is 0.892. The fraction of sp³-hybridized carbons (Fsp3) is 0.562. The smallest absolute Gasteiger partial charge is 0.193 e. The van der Waals surface area contributed by atoms with E-state index < -0.39 is 14.4 Å². The minimum Gasteiger partial charge on any atom is -0.497 e. The third-order valence-corrected chi connectivity index (χ3v) is 8.44. The van der Waals surface area contributed by atoms with Crippen LogP contribution in [0, 0.1) is 0 Å². The Morgan fingerprint density at radius 3 is 2.00 bits per heavy atom. The van der Waals surface area contributed by atoms with Crippen LogP contribution in [0.15, 0.2) is 24.3 Å². The fourth-order valence-electron chi connectivity index (χ4n) is 1.64. The van der Waals surface area contributed by atoms with Crippen molar-refractivity contribution in [3.05, 3.63) is 29.8 Å². The first kappa shape index (κ1) is 16.9. The van der Waals surface area contributed by atoms with E-state index in [1.807, 2.05) is 24.3 Å². The quantitative estimate of drug-likeness (QED) is 0.757. The molecule has 0 fully saturated rings. The zero-order valence-electron chi connectivity index (χ0n) is 13.6. The summed E-state index contributed by atoms with van der Waals surface area (Å²) in [6.07, 6.45) is -0.484. The number of Topliss-reactive ketones (excluding diaryl/α,β-unsaturated/α-hetero) is 1. The van der Waals surface area contributed by atoms with Crippen LogP contribution in [-0.4, -0.2) is 21.2 Å². The van der Waals surface area contributed by atoms with Crippen molar-refractivity contribution < 1.29 is 14.0 Å². The standard InChI is InChI=1S/C16H26O3Si/c1-12(17)15(19-20(6,7)16(2,3)4)13-8-10-14(18-5)11-9-13/h8-11,15H,1-7H3. The van der Waals surface area contributed by atoms with Gasteiger partial charge in [-0.3, -0.25) is 4.79 Å². The third kappa shape index (κ3) is 3.93. The number of carbonyl (C=O) groups excluding carboxylic acids is 1. The van der Waals surface area contributed by atoms with Gasteiger partial charge < -0.3 is 9.16 Å². The van der Waals surface area contributed by atoms with Crippen LogP contribution < -0.4 is 4.74 Å². The summed E-state index contributed by atoms with van der Waals surface area (Å²) in [4.78, 5) is 12.0. The lowest BCUT2D eigenvalue weighted by Gasteiger charge is -2.38. The molecule has 0 spiro atoms. The Hall–Kier alpha value is -1.13. The largest absolute Gasteiger partial charge is 0.497 e. The highest BCUT2D eigenvalue weighted by atomic mass is 28.4. The van der Waals surface area contributed by atoms with Crippen LogP contribution in [0.3, 0.4) is 0 Å². The first-order valence-electron chi connectivity index (χ1n) is 6.91. The molecule has 0 amide bonds. The molecule has 0 saturated heterocycles. The predicted molar refractivity (Wildman–Crippen MR) is 84.7 cm³/mol. The van der Waals surface area contributed by atoms with Crippen molar-refractivity contribution in [1.29, 1.82) is 0 Å². The van der Waals surface area contributed by atoms with Gasteiger partial charge in [0.15, 0.2) is 14.1 Å². The van der Waals surface area contributed by atoms with Crippen LogP contribution in [-0.2, 0) is 9.22 Å². The minimum atomic E-state index is -1.99. The fourth-order valence-corrected chi connectivity index (χ4v) is 2.88. The van der Waals surface area contributed by atoms with Crippen LogP contribution in [0.2, 0.25) is 18.1 Å². The Balaban J connectivity index is 3.03. The monoisotopic (exact) mass is 294 g/mol. The molecular weight excluding hydrogens is 268 g/mol. The van der Waals surface area contributed by atoms with Gasteiger partial charge in [-0.05, 0) is 42.8 Å². The van der Waals surface area contributed by atoms with E-state index in [4.69, 9.17) is 9.16 Å². The number of carbonyl (C=O) groups is 1. The van der Waals surface area contributed by atoms with E-state index in [-0.39, 0.29) is 10.8 Å². The second kappa shape index (κ2) is 6.10. The van der Waals surface area contributed by atoms with Crippen LogP contribution in [0.1, 0.15) is 39.4 Å². The molecule has 0 N–H and O–H groups in total. The summed E-state index contributed by atoms with van der Waals surface area (Å²) < 4.78 is 11.4. The molecule has 1 atom stereocenters. The average Bonchev–Trinajstić information content (AvgIpc) is 2.34. The number of rotatable bonds is 5. The molecule has 112 valence electrons. The number of benzene rings is 1. The normalized spacial score (nSPS) is 13.9. The molecule has 0 bridgehead atoms. The molecule has 20 heavy (non-hydrogen) atoms. The molecule has 4 heteroatoms. The minimum absolute atomic E-state index is 0.0417. The van der Waals surface area contributed by atoms with Crippen molar-refractivity contribution in [2.24, 2.45) is 0 Å². The zero-order chi connectivity index (χ0) is 15.6. The Labute approximate surface area is 123 Å². The van der Waals surface area contributed by atoms with Crippen molar-refractivity contribution in [3.8, 4) is 5.75 Å². The summed E-state index contributed by atoms with van der Waals surface area (Å²) in [7, 11) is -0.359. The maximum Gasteiger partial charge on any atom is 0.193 e. The van der Waals surface area contributed by atoms with Gasteiger partial charge in [0.1, 0.15) is 11.9 Å².